The smallest absolute Gasteiger partial charge is 0.404 e. The van der Waals surface area contributed by atoms with E-state index in [2.05, 4.69) is 15.3 Å². The van der Waals surface area contributed by atoms with Gasteiger partial charge in [-0.2, -0.15) is 13.2 Å². The summed E-state index contributed by atoms with van der Waals surface area (Å²) in [5.74, 6) is -4.98. The van der Waals surface area contributed by atoms with Crippen molar-refractivity contribution in [1.82, 2.24) is 10.2 Å². The SMILES string of the molecule is NC1=NC2[C@H](CO)N=C(N)N3C[C@H](OC(=O)C4(C(F)(F)F)CCC4)C(O)(O)C23N1. The molecule has 0 amide bonds. The number of guanidine groups is 2. The lowest BCUT2D eigenvalue weighted by Crippen LogP contribution is -2.77. The molecule has 1 saturated heterocycles. The van der Waals surface area contributed by atoms with Gasteiger partial charge in [-0.25, -0.2) is 9.98 Å². The van der Waals surface area contributed by atoms with Crippen molar-refractivity contribution in [3.05, 3.63) is 0 Å². The summed E-state index contributed by atoms with van der Waals surface area (Å²) in [4.78, 5) is 21.6. The molecule has 0 aromatic rings. The van der Waals surface area contributed by atoms with Gasteiger partial charge in [-0.05, 0) is 12.8 Å². The van der Waals surface area contributed by atoms with E-state index in [0.29, 0.717) is 0 Å². The van der Waals surface area contributed by atoms with Crippen LogP contribution in [-0.4, -0.2) is 87.1 Å². The largest absolute Gasteiger partial charge is 0.454 e. The molecule has 14 heteroatoms. The Morgan fingerprint density at radius 1 is 1.31 bits per heavy atom. The first-order chi connectivity index (χ1) is 13.4. The molecule has 0 aromatic carbocycles. The lowest BCUT2D eigenvalue weighted by molar-refractivity contribution is -0.283. The van der Waals surface area contributed by atoms with E-state index in [4.69, 9.17) is 16.2 Å². The highest BCUT2D eigenvalue weighted by molar-refractivity contribution is 5.87. The van der Waals surface area contributed by atoms with Crippen LogP contribution in [0, 0.1) is 5.41 Å². The molecule has 3 aliphatic heterocycles. The van der Waals surface area contributed by atoms with Gasteiger partial charge in [0.15, 0.2) is 29.1 Å². The molecule has 4 atom stereocenters. The second kappa shape index (κ2) is 5.86. The maximum atomic E-state index is 13.4. The molecule has 29 heavy (non-hydrogen) atoms. The number of nitrogens with one attached hydrogen (secondary N) is 1. The number of alkyl halides is 3. The van der Waals surface area contributed by atoms with Gasteiger partial charge in [-0.15, -0.1) is 0 Å². The Morgan fingerprint density at radius 2 is 1.97 bits per heavy atom. The fourth-order valence-corrected chi connectivity index (χ4v) is 4.55. The third-order valence-electron chi connectivity index (χ3n) is 6.32. The quantitative estimate of drug-likeness (QED) is 0.208. The molecule has 3 heterocycles. The normalized spacial score (nSPS) is 36.9. The molecule has 1 spiro atoms. The number of aliphatic imine (C=N–C) groups is 2. The van der Waals surface area contributed by atoms with Crippen LogP contribution in [0.2, 0.25) is 0 Å². The van der Waals surface area contributed by atoms with Gasteiger partial charge in [0.1, 0.15) is 12.1 Å². The van der Waals surface area contributed by atoms with Crippen molar-refractivity contribution in [2.24, 2.45) is 26.9 Å². The van der Waals surface area contributed by atoms with Crippen LogP contribution in [0.4, 0.5) is 13.2 Å². The van der Waals surface area contributed by atoms with Gasteiger partial charge in [-0.1, -0.05) is 6.42 Å². The van der Waals surface area contributed by atoms with Crippen LogP contribution in [-0.2, 0) is 9.53 Å². The van der Waals surface area contributed by atoms with E-state index in [1.54, 1.807) is 0 Å². The van der Waals surface area contributed by atoms with Crippen molar-refractivity contribution in [2.75, 3.05) is 13.2 Å². The zero-order valence-corrected chi connectivity index (χ0v) is 15.1. The van der Waals surface area contributed by atoms with E-state index in [0.717, 1.165) is 4.90 Å². The van der Waals surface area contributed by atoms with Crippen molar-refractivity contribution in [2.45, 2.75) is 55.1 Å². The van der Waals surface area contributed by atoms with Gasteiger partial charge in [0, 0.05) is 0 Å². The molecular formula is C15H21F3N6O5. The summed E-state index contributed by atoms with van der Waals surface area (Å²) in [5.41, 5.74) is 6.93. The molecule has 1 aliphatic carbocycles. The van der Waals surface area contributed by atoms with Crippen LogP contribution in [0.15, 0.2) is 9.98 Å². The first kappa shape index (κ1) is 20.0. The maximum Gasteiger partial charge on any atom is 0.404 e. The topological polar surface area (TPSA) is 179 Å². The van der Waals surface area contributed by atoms with E-state index in [-0.39, 0.29) is 18.3 Å². The minimum Gasteiger partial charge on any atom is -0.454 e. The Balaban J connectivity index is 1.68. The molecule has 2 unspecified atom stereocenters. The van der Waals surface area contributed by atoms with Crippen LogP contribution < -0.4 is 16.8 Å². The molecule has 1 saturated carbocycles. The average Bonchev–Trinajstić information content (AvgIpc) is 3.01. The predicted octanol–water partition coefficient (Wildman–Crippen LogP) is -2.70. The van der Waals surface area contributed by atoms with Crippen molar-refractivity contribution in [1.29, 1.82) is 0 Å². The van der Waals surface area contributed by atoms with Crippen molar-refractivity contribution in [3.8, 4) is 0 Å². The van der Waals surface area contributed by atoms with Crippen molar-refractivity contribution in [3.63, 3.8) is 0 Å². The van der Waals surface area contributed by atoms with E-state index in [1.165, 1.54) is 0 Å². The summed E-state index contributed by atoms with van der Waals surface area (Å²) in [6.07, 6.45) is -7.31. The Bertz CT molecular complexity index is 798. The number of nitrogens with zero attached hydrogens (tertiary/aromatic N) is 3. The predicted molar refractivity (Wildman–Crippen MR) is 89.9 cm³/mol. The summed E-state index contributed by atoms with van der Waals surface area (Å²) >= 11 is 0. The van der Waals surface area contributed by atoms with Gasteiger partial charge in [-0.3, -0.25) is 4.79 Å². The molecule has 0 aromatic heterocycles. The summed E-state index contributed by atoms with van der Waals surface area (Å²) in [6, 6.07) is -2.14. The first-order valence-corrected chi connectivity index (χ1v) is 8.96. The number of rotatable bonds is 3. The van der Waals surface area contributed by atoms with Crippen LogP contribution in [0.25, 0.3) is 0 Å². The number of hydrogen-bond donors (Lipinski definition) is 6. The minimum atomic E-state index is -4.83. The van der Waals surface area contributed by atoms with Crippen LogP contribution in [0.3, 0.4) is 0 Å². The first-order valence-electron chi connectivity index (χ1n) is 8.96. The molecule has 0 bridgehead atoms. The molecule has 2 fully saturated rings. The summed E-state index contributed by atoms with van der Waals surface area (Å²) < 4.78 is 45.3. The lowest BCUT2D eigenvalue weighted by atomic mass is 9.68. The fourth-order valence-electron chi connectivity index (χ4n) is 4.55. The monoisotopic (exact) mass is 422 g/mol. The Kier molecular flexibility index (Phi) is 4.03. The van der Waals surface area contributed by atoms with E-state index in [1.807, 2.05) is 0 Å². The number of halogens is 3. The Hall–Kier alpha value is -2.32. The standard InChI is InChI=1S/C15H21F3N6O5/c16-15(17,18)12(2-1-3-12)9(26)29-7-4-24-11(20)21-6(5-25)8-13(24,14(7,27)28)23-10(19)22-8/h6-8,25,27-28H,1-5H2,(H2,20,21)(H3,19,22,23)/t6-,7-,8?,13?/m0/s1. The number of carbonyl (C=O) groups excluding carboxylic acids is 1. The van der Waals surface area contributed by atoms with E-state index in [9.17, 15) is 33.3 Å². The lowest BCUT2D eigenvalue weighted by Gasteiger charge is -2.48. The van der Waals surface area contributed by atoms with E-state index < -0.39 is 73.2 Å². The highest BCUT2D eigenvalue weighted by Crippen LogP contribution is 2.55. The molecule has 162 valence electrons. The zero-order valence-electron chi connectivity index (χ0n) is 15.1. The number of esters is 1. The molecule has 8 N–H and O–H groups in total. The molecular weight excluding hydrogens is 401 g/mol. The van der Waals surface area contributed by atoms with Crippen LogP contribution in [0.1, 0.15) is 19.3 Å². The minimum absolute atomic E-state index is 0.199. The zero-order chi connectivity index (χ0) is 21.4. The summed E-state index contributed by atoms with van der Waals surface area (Å²) in [6.45, 7) is -1.02. The highest BCUT2D eigenvalue weighted by atomic mass is 19.4. The maximum absolute atomic E-state index is 13.4. The van der Waals surface area contributed by atoms with Crippen molar-refractivity contribution >= 4 is 17.9 Å². The van der Waals surface area contributed by atoms with Crippen LogP contribution >= 0.6 is 0 Å². The number of carbonyl (C=O) groups is 1. The van der Waals surface area contributed by atoms with E-state index >= 15 is 0 Å². The molecule has 4 rings (SSSR count). The van der Waals surface area contributed by atoms with Gasteiger partial charge in [0.05, 0.1) is 13.2 Å². The van der Waals surface area contributed by atoms with Crippen LogP contribution in [0.5, 0.6) is 0 Å². The molecule has 4 aliphatic rings. The number of hydrogen-bond acceptors (Lipinski definition) is 11. The fraction of sp³-hybridized carbons (Fsp3) is 0.800. The highest BCUT2D eigenvalue weighted by Gasteiger charge is 2.75. The third-order valence-corrected chi connectivity index (χ3v) is 6.32. The summed E-state index contributed by atoms with van der Waals surface area (Å²) in [5, 5.41) is 34.0. The van der Waals surface area contributed by atoms with Gasteiger partial charge >= 0.3 is 12.1 Å². The number of ether oxygens (including phenoxy) is 1. The molecule has 11 nitrogen and oxygen atoms in total. The summed E-state index contributed by atoms with van der Waals surface area (Å²) in [7, 11) is 0. The number of nitrogens with two attached hydrogens (primary N) is 2. The third kappa shape index (κ3) is 2.33. The number of aliphatic hydroxyl groups excluding tert-OH is 1. The van der Waals surface area contributed by atoms with Gasteiger partial charge in [0.25, 0.3) is 0 Å². The van der Waals surface area contributed by atoms with Gasteiger partial charge < -0.3 is 41.7 Å². The second-order valence-electron chi connectivity index (χ2n) is 7.75. The second-order valence-corrected chi connectivity index (χ2v) is 7.75. The van der Waals surface area contributed by atoms with Crippen molar-refractivity contribution < 1.29 is 38.0 Å². The average molecular weight is 422 g/mol. The van der Waals surface area contributed by atoms with Gasteiger partial charge in [0.2, 0.25) is 5.79 Å². The Morgan fingerprint density at radius 3 is 2.48 bits per heavy atom. The number of aliphatic hydroxyl groups is 3. The Labute approximate surface area is 162 Å². The molecule has 0 radical (unpaired) electrons.